The fraction of sp³-hybridized carbons (Fsp3) is 0.474. The van der Waals surface area contributed by atoms with E-state index in [-0.39, 0.29) is 12.1 Å². The number of aromatic nitrogens is 2. The number of fused-ring (bicyclic) bond motifs is 1. The summed E-state index contributed by atoms with van der Waals surface area (Å²) in [4.78, 5) is 12.1. The summed E-state index contributed by atoms with van der Waals surface area (Å²) in [6, 6.07) is 6.52. The van der Waals surface area contributed by atoms with Crippen LogP contribution in [0.3, 0.4) is 0 Å². The lowest BCUT2D eigenvalue weighted by Crippen LogP contribution is -2.38. The lowest BCUT2D eigenvalue weighted by atomic mass is 9.89. The third-order valence-corrected chi connectivity index (χ3v) is 4.68. The van der Waals surface area contributed by atoms with E-state index in [1.54, 1.807) is 4.68 Å². The smallest absolute Gasteiger partial charge is 0.315 e. The van der Waals surface area contributed by atoms with Crippen molar-refractivity contribution in [2.75, 3.05) is 6.54 Å². The van der Waals surface area contributed by atoms with Crippen molar-refractivity contribution in [1.29, 1.82) is 0 Å². The highest BCUT2D eigenvalue weighted by Gasteiger charge is 2.14. The number of hydrogen-bond acceptors (Lipinski definition) is 2. The molecule has 2 N–H and O–H groups in total. The normalized spacial score (nSPS) is 14.8. The molecule has 0 bridgehead atoms. The topological polar surface area (TPSA) is 59.0 Å². The second kappa shape index (κ2) is 7.51. The van der Waals surface area contributed by atoms with Crippen LogP contribution in [0.15, 0.2) is 30.6 Å². The number of aryl methyl sites for hydroxylation is 3. The summed E-state index contributed by atoms with van der Waals surface area (Å²) in [6.45, 7) is 2.64. The molecule has 24 heavy (non-hydrogen) atoms. The Labute approximate surface area is 143 Å². The molecular formula is C19H26N4O. The monoisotopic (exact) mass is 326 g/mol. The molecule has 5 nitrogen and oxygen atoms in total. The van der Waals surface area contributed by atoms with Crippen LogP contribution >= 0.6 is 0 Å². The molecule has 0 aliphatic heterocycles. The number of amides is 2. The van der Waals surface area contributed by atoms with Crippen LogP contribution in [0.4, 0.5) is 4.79 Å². The minimum Gasteiger partial charge on any atom is -0.338 e. The van der Waals surface area contributed by atoms with E-state index in [0.29, 0.717) is 6.54 Å². The Morgan fingerprint density at radius 3 is 2.83 bits per heavy atom. The van der Waals surface area contributed by atoms with E-state index in [4.69, 9.17) is 0 Å². The van der Waals surface area contributed by atoms with Gasteiger partial charge in [0.15, 0.2) is 0 Å². The van der Waals surface area contributed by atoms with Crippen molar-refractivity contribution in [2.24, 2.45) is 7.05 Å². The van der Waals surface area contributed by atoms with Gasteiger partial charge in [-0.3, -0.25) is 4.68 Å². The summed E-state index contributed by atoms with van der Waals surface area (Å²) in [5.74, 6) is 0. The molecule has 0 spiro atoms. The summed E-state index contributed by atoms with van der Waals surface area (Å²) in [6.07, 6.45) is 9.49. The van der Waals surface area contributed by atoms with Gasteiger partial charge in [-0.15, -0.1) is 0 Å². The van der Waals surface area contributed by atoms with Crippen LogP contribution < -0.4 is 10.6 Å². The first kappa shape index (κ1) is 16.6. The fourth-order valence-corrected chi connectivity index (χ4v) is 3.28. The molecule has 1 aromatic heterocycles. The highest BCUT2D eigenvalue weighted by atomic mass is 16.2. The van der Waals surface area contributed by atoms with E-state index < -0.39 is 0 Å². The summed E-state index contributed by atoms with van der Waals surface area (Å²) in [7, 11) is 1.89. The summed E-state index contributed by atoms with van der Waals surface area (Å²) >= 11 is 0. The first-order chi connectivity index (χ1) is 11.6. The van der Waals surface area contributed by atoms with Gasteiger partial charge in [0.25, 0.3) is 0 Å². The second-order valence-electron chi connectivity index (χ2n) is 6.63. The number of carbonyl (C=O) groups is 1. The average molecular weight is 326 g/mol. The summed E-state index contributed by atoms with van der Waals surface area (Å²) in [5, 5.41) is 10.1. The van der Waals surface area contributed by atoms with E-state index in [9.17, 15) is 4.79 Å². The molecule has 1 aromatic carbocycles. The standard InChI is InChI=1S/C19H26N4O/c1-14(17-8-7-16-5-3-4-6-18(16)11-17)22-19(24)20-10-9-15-12-21-23(2)13-15/h7-8,11-14H,3-6,9-10H2,1-2H3,(H2,20,22,24). The van der Waals surface area contributed by atoms with E-state index in [0.717, 1.165) is 18.4 Å². The van der Waals surface area contributed by atoms with E-state index in [2.05, 4.69) is 33.9 Å². The van der Waals surface area contributed by atoms with Crippen LogP contribution in [0.2, 0.25) is 0 Å². The minimum atomic E-state index is -0.121. The first-order valence-corrected chi connectivity index (χ1v) is 8.75. The number of benzene rings is 1. The van der Waals surface area contributed by atoms with Crippen molar-refractivity contribution in [1.82, 2.24) is 20.4 Å². The van der Waals surface area contributed by atoms with Gasteiger partial charge in [0, 0.05) is 19.8 Å². The lowest BCUT2D eigenvalue weighted by molar-refractivity contribution is 0.238. The molecule has 1 heterocycles. The zero-order chi connectivity index (χ0) is 16.9. The van der Waals surface area contributed by atoms with Crippen molar-refractivity contribution in [3.8, 4) is 0 Å². The third-order valence-electron chi connectivity index (χ3n) is 4.68. The Morgan fingerprint density at radius 2 is 2.08 bits per heavy atom. The predicted octanol–water partition coefficient (Wildman–Crippen LogP) is 2.90. The molecule has 2 amide bonds. The largest absolute Gasteiger partial charge is 0.338 e. The maximum Gasteiger partial charge on any atom is 0.315 e. The Bertz CT molecular complexity index is 707. The molecule has 2 aromatic rings. The van der Waals surface area contributed by atoms with Gasteiger partial charge in [0.1, 0.15) is 0 Å². The zero-order valence-corrected chi connectivity index (χ0v) is 14.5. The zero-order valence-electron chi connectivity index (χ0n) is 14.5. The van der Waals surface area contributed by atoms with Gasteiger partial charge in [-0.25, -0.2) is 4.79 Å². The minimum absolute atomic E-state index is 0.00983. The molecule has 128 valence electrons. The van der Waals surface area contributed by atoms with Crippen molar-refractivity contribution < 1.29 is 4.79 Å². The highest BCUT2D eigenvalue weighted by Crippen LogP contribution is 2.24. The number of urea groups is 1. The van der Waals surface area contributed by atoms with Gasteiger partial charge < -0.3 is 10.6 Å². The van der Waals surface area contributed by atoms with E-state index in [1.807, 2.05) is 26.4 Å². The quantitative estimate of drug-likeness (QED) is 0.887. The molecular weight excluding hydrogens is 300 g/mol. The van der Waals surface area contributed by atoms with Crippen molar-refractivity contribution in [3.63, 3.8) is 0 Å². The summed E-state index contributed by atoms with van der Waals surface area (Å²) in [5.41, 5.74) is 5.22. The molecule has 1 aliphatic carbocycles. The molecule has 1 atom stereocenters. The van der Waals surface area contributed by atoms with Gasteiger partial charge in [0.05, 0.1) is 12.2 Å². The van der Waals surface area contributed by atoms with Gasteiger partial charge in [-0.05, 0) is 61.3 Å². The van der Waals surface area contributed by atoms with Gasteiger partial charge in [-0.2, -0.15) is 5.10 Å². The SMILES string of the molecule is CC(NC(=O)NCCc1cnn(C)c1)c1ccc2c(c1)CCCC2. The van der Waals surface area contributed by atoms with Crippen LogP contribution in [0.25, 0.3) is 0 Å². The molecule has 5 heteroatoms. The lowest BCUT2D eigenvalue weighted by Gasteiger charge is -2.20. The van der Waals surface area contributed by atoms with Gasteiger partial charge in [0.2, 0.25) is 0 Å². The van der Waals surface area contributed by atoms with E-state index in [1.165, 1.54) is 36.0 Å². The Morgan fingerprint density at radius 1 is 1.29 bits per heavy atom. The molecule has 0 saturated heterocycles. The van der Waals surface area contributed by atoms with Crippen molar-refractivity contribution in [3.05, 3.63) is 52.8 Å². The second-order valence-corrected chi connectivity index (χ2v) is 6.63. The maximum atomic E-state index is 12.1. The van der Waals surface area contributed by atoms with Crippen LogP contribution in [-0.4, -0.2) is 22.4 Å². The maximum absolute atomic E-state index is 12.1. The number of nitrogens with one attached hydrogen (secondary N) is 2. The molecule has 1 unspecified atom stereocenters. The van der Waals surface area contributed by atoms with Gasteiger partial charge >= 0.3 is 6.03 Å². The van der Waals surface area contributed by atoms with Crippen LogP contribution in [-0.2, 0) is 26.3 Å². The Kier molecular flexibility index (Phi) is 5.18. The molecule has 0 saturated carbocycles. The summed E-state index contributed by atoms with van der Waals surface area (Å²) < 4.78 is 1.77. The molecule has 3 rings (SSSR count). The van der Waals surface area contributed by atoms with Crippen molar-refractivity contribution >= 4 is 6.03 Å². The number of nitrogens with zero attached hydrogens (tertiary/aromatic N) is 2. The number of hydrogen-bond donors (Lipinski definition) is 2. The molecule has 1 aliphatic rings. The Balaban J connectivity index is 1.48. The third kappa shape index (κ3) is 4.16. The Hall–Kier alpha value is -2.30. The number of carbonyl (C=O) groups excluding carboxylic acids is 1. The van der Waals surface area contributed by atoms with E-state index >= 15 is 0 Å². The van der Waals surface area contributed by atoms with Crippen LogP contribution in [0.1, 0.15) is 48.1 Å². The fourth-order valence-electron chi connectivity index (χ4n) is 3.28. The van der Waals surface area contributed by atoms with Crippen LogP contribution in [0.5, 0.6) is 0 Å². The predicted molar refractivity (Wildman–Crippen MR) is 94.9 cm³/mol. The molecule has 0 fully saturated rings. The van der Waals surface area contributed by atoms with Gasteiger partial charge in [-0.1, -0.05) is 18.2 Å². The number of rotatable bonds is 5. The highest BCUT2D eigenvalue weighted by molar-refractivity contribution is 5.74. The molecule has 0 radical (unpaired) electrons. The van der Waals surface area contributed by atoms with Crippen LogP contribution in [0, 0.1) is 0 Å². The van der Waals surface area contributed by atoms with Crippen molar-refractivity contribution in [2.45, 2.75) is 45.1 Å². The first-order valence-electron chi connectivity index (χ1n) is 8.75. The average Bonchev–Trinajstić information content (AvgIpc) is 2.99.